The Labute approximate surface area is 104 Å². The molecule has 0 fully saturated rings. The van der Waals surface area contributed by atoms with Crippen molar-refractivity contribution >= 4 is 23.2 Å². The second-order valence-corrected chi connectivity index (χ2v) is 4.65. The summed E-state index contributed by atoms with van der Waals surface area (Å²) in [5, 5.41) is 11.2. The lowest BCUT2D eigenvalue weighted by Crippen LogP contribution is -2.07. The molecule has 1 aliphatic rings. The maximum atomic E-state index is 10.1. The van der Waals surface area contributed by atoms with Gasteiger partial charge < -0.3 is 9.84 Å². The predicted octanol–water partition coefficient (Wildman–Crippen LogP) is 3.72. The van der Waals surface area contributed by atoms with Crippen LogP contribution in [-0.4, -0.2) is 11.7 Å². The van der Waals surface area contributed by atoms with Gasteiger partial charge in [0.15, 0.2) is 0 Å². The van der Waals surface area contributed by atoms with Crippen LogP contribution in [0.5, 0.6) is 0 Å². The third-order valence-corrected chi connectivity index (χ3v) is 2.95. The van der Waals surface area contributed by atoms with Crippen LogP contribution in [0.4, 0.5) is 0 Å². The van der Waals surface area contributed by atoms with E-state index in [1.807, 2.05) is 0 Å². The normalized spacial score (nSPS) is 17.6. The van der Waals surface area contributed by atoms with E-state index in [0.29, 0.717) is 22.2 Å². The number of rotatable bonds is 2. The van der Waals surface area contributed by atoms with Crippen LogP contribution < -0.4 is 0 Å². The van der Waals surface area contributed by atoms with Crippen molar-refractivity contribution < 1.29 is 9.84 Å². The van der Waals surface area contributed by atoms with Crippen molar-refractivity contribution in [2.75, 3.05) is 6.61 Å². The van der Waals surface area contributed by atoms with Crippen LogP contribution in [-0.2, 0) is 4.74 Å². The summed E-state index contributed by atoms with van der Waals surface area (Å²) in [6, 6.07) is 5.08. The third-order valence-electron chi connectivity index (χ3n) is 2.51. The van der Waals surface area contributed by atoms with E-state index in [2.05, 4.69) is 0 Å². The van der Waals surface area contributed by atoms with E-state index in [1.54, 1.807) is 24.5 Å². The highest BCUT2D eigenvalue weighted by atomic mass is 35.5. The largest absolute Gasteiger partial charge is 0.501 e. The fourth-order valence-corrected chi connectivity index (χ4v) is 2.28. The molecule has 2 rings (SSSR count). The van der Waals surface area contributed by atoms with Gasteiger partial charge in [-0.25, -0.2) is 0 Å². The standard InChI is InChI=1S/C12H12Cl2O2/c13-10-4-9(5-11(14)6-10)12(15)8-2-1-3-16-7-8/h4-7,12,15H,1-3H2. The van der Waals surface area contributed by atoms with Crippen molar-refractivity contribution in [3.05, 3.63) is 45.6 Å². The summed E-state index contributed by atoms with van der Waals surface area (Å²) in [6.07, 6.45) is 2.71. The van der Waals surface area contributed by atoms with Crippen LogP contribution >= 0.6 is 23.2 Å². The zero-order valence-corrected chi connectivity index (χ0v) is 10.1. The lowest BCUT2D eigenvalue weighted by atomic mass is 9.98. The van der Waals surface area contributed by atoms with Crippen molar-refractivity contribution in [1.29, 1.82) is 0 Å². The van der Waals surface area contributed by atoms with E-state index in [1.165, 1.54) is 0 Å². The third kappa shape index (κ3) is 2.70. The SMILES string of the molecule is OC(C1=COCCC1)c1cc(Cl)cc(Cl)c1. The van der Waals surface area contributed by atoms with E-state index in [4.69, 9.17) is 27.9 Å². The molecule has 0 radical (unpaired) electrons. The van der Waals surface area contributed by atoms with Gasteiger partial charge in [0.05, 0.1) is 12.9 Å². The molecule has 1 N–H and O–H groups in total. The number of aliphatic hydroxyl groups is 1. The zero-order valence-electron chi connectivity index (χ0n) is 8.62. The van der Waals surface area contributed by atoms with Gasteiger partial charge in [-0.05, 0) is 42.2 Å². The van der Waals surface area contributed by atoms with Crippen molar-refractivity contribution in [3.63, 3.8) is 0 Å². The highest BCUT2D eigenvalue weighted by Crippen LogP contribution is 2.30. The van der Waals surface area contributed by atoms with Crippen LogP contribution in [0.3, 0.4) is 0 Å². The molecule has 16 heavy (non-hydrogen) atoms. The molecule has 1 aromatic carbocycles. The van der Waals surface area contributed by atoms with E-state index < -0.39 is 6.10 Å². The maximum absolute atomic E-state index is 10.1. The molecule has 86 valence electrons. The quantitative estimate of drug-likeness (QED) is 0.877. The zero-order chi connectivity index (χ0) is 11.5. The summed E-state index contributed by atoms with van der Waals surface area (Å²) < 4.78 is 5.20. The first-order chi connectivity index (χ1) is 7.66. The number of benzene rings is 1. The van der Waals surface area contributed by atoms with Gasteiger partial charge in [0.2, 0.25) is 0 Å². The second kappa shape index (κ2) is 5.09. The van der Waals surface area contributed by atoms with Crippen LogP contribution in [0.15, 0.2) is 30.0 Å². The molecule has 0 aromatic heterocycles. The molecule has 1 unspecified atom stereocenters. The molecule has 1 aromatic rings. The average Bonchev–Trinajstić information content (AvgIpc) is 2.28. The summed E-state index contributed by atoms with van der Waals surface area (Å²) >= 11 is 11.8. The minimum Gasteiger partial charge on any atom is -0.501 e. The smallest absolute Gasteiger partial charge is 0.103 e. The van der Waals surface area contributed by atoms with Crippen LogP contribution in [0.25, 0.3) is 0 Å². The highest BCUT2D eigenvalue weighted by Gasteiger charge is 2.17. The molecule has 1 heterocycles. The number of aliphatic hydroxyl groups excluding tert-OH is 1. The molecule has 4 heteroatoms. The molecule has 0 saturated heterocycles. The molecule has 2 nitrogen and oxygen atoms in total. The Morgan fingerprint density at radius 2 is 1.88 bits per heavy atom. The first-order valence-electron chi connectivity index (χ1n) is 5.11. The summed E-state index contributed by atoms with van der Waals surface area (Å²) in [4.78, 5) is 0. The van der Waals surface area contributed by atoms with Gasteiger partial charge in [-0.15, -0.1) is 0 Å². The van der Waals surface area contributed by atoms with Gasteiger partial charge in [0.1, 0.15) is 6.10 Å². The van der Waals surface area contributed by atoms with Crippen molar-refractivity contribution in [1.82, 2.24) is 0 Å². The van der Waals surface area contributed by atoms with E-state index >= 15 is 0 Å². The van der Waals surface area contributed by atoms with Crippen LogP contribution in [0, 0.1) is 0 Å². The van der Waals surface area contributed by atoms with Crippen molar-refractivity contribution in [2.45, 2.75) is 18.9 Å². The molecule has 0 amide bonds. The van der Waals surface area contributed by atoms with E-state index in [0.717, 1.165) is 18.4 Å². The van der Waals surface area contributed by atoms with Gasteiger partial charge in [-0.3, -0.25) is 0 Å². The molecule has 0 bridgehead atoms. The molecule has 0 spiro atoms. The summed E-state index contributed by atoms with van der Waals surface area (Å²) in [7, 11) is 0. The molecular weight excluding hydrogens is 247 g/mol. The molecule has 1 aliphatic heterocycles. The first-order valence-corrected chi connectivity index (χ1v) is 5.87. The molecule has 0 saturated carbocycles. The number of halogens is 2. The van der Waals surface area contributed by atoms with Gasteiger partial charge in [0, 0.05) is 10.0 Å². The monoisotopic (exact) mass is 258 g/mol. The molecular formula is C12H12Cl2O2. The van der Waals surface area contributed by atoms with Crippen LogP contribution in [0.2, 0.25) is 10.0 Å². The fraction of sp³-hybridized carbons (Fsp3) is 0.333. The Bertz CT molecular complexity index is 395. The Hall–Kier alpha value is -0.700. The Morgan fingerprint density at radius 1 is 1.19 bits per heavy atom. The Balaban J connectivity index is 2.25. The van der Waals surface area contributed by atoms with Gasteiger partial charge >= 0.3 is 0 Å². The van der Waals surface area contributed by atoms with Gasteiger partial charge in [0.25, 0.3) is 0 Å². The summed E-state index contributed by atoms with van der Waals surface area (Å²) in [5.74, 6) is 0. The Morgan fingerprint density at radius 3 is 2.44 bits per heavy atom. The lowest BCUT2D eigenvalue weighted by Gasteiger charge is -2.19. The van der Waals surface area contributed by atoms with Gasteiger partial charge in [-0.2, -0.15) is 0 Å². The second-order valence-electron chi connectivity index (χ2n) is 3.77. The highest BCUT2D eigenvalue weighted by molar-refractivity contribution is 6.34. The van der Waals surface area contributed by atoms with E-state index in [-0.39, 0.29) is 0 Å². The number of hydrogen-bond acceptors (Lipinski definition) is 2. The average molecular weight is 259 g/mol. The minimum atomic E-state index is -0.684. The van der Waals surface area contributed by atoms with Crippen molar-refractivity contribution in [2.24, 2.45) is 0 Å². The first kappa shape index (κ1) is 11.8. The fourth-order valence-electron chi connectivity index (χ4n) is 1.73. The summed E-state index contributed by atoms with van der Waals surface area (Å²) in [5.41, 5.74) is 1.57. The lowest BCUT2D eigenvalue weighted by molar-refractivity contribution is 0.170. The number of ether oxygens (including phenoxy) is 1. The minimum absolute atomic E-state index is 0.527. The van der Waals surface area contributed by atoms with Crippen molar-refractivity contribution in [3.8, 4) is 0 Å². The predicted molar refractivity (Wildman–Crippen MR) is 64.7 cm³/mol. The van der Waals surface area contributed by atoms with Gasteiger partial charge in [-0.1, -0.05) is 23.2 Å². The molecule has 1 atom stereocenters. The summed E-state index contributed by atoms with van der Waals surface area (Å²) in [6.45, 7) is 0.715. The van der Waals surface area contributed by atoms with E-state index in [9.17, 15) is 5.11 Å². The Kier molecular flexibility index (Phi) is 3.74. The molecule has 0 aliphatic carbocycles. The maximum Gasteiger partial charge on any atom is 0.103 e. The topological polar surface area (TPSA) is 29.5 Å². The number of hydrogen-bond donors (Lipinski definition) is 1. The van der Waals surface area contributed by atoms with Crippen LogP contribution in [0.1, 0.15) is 24.5 Å².